The molecule has 0 atom stereocenters. The second-order valence-corrected chi connectivity index (χ2v) is 6.34. The van der Waals surface area contributed by atoms with Gasteiger partial charge in [0.2, 0.25) is 0 Å². The van der Waals surface area contributed by atoms with Gasteiger partial charge in [0.25, 0.3) is 5.91 Å². The first-order valence-electron chi connectivity index (χ1n) is 8.35. The number of nitrogens with two attached hydrogens (primary N) is 1. The van der Waals surface area contributed by atoms with Gasteiger partial charge >= 0.3 is 0 Å². The number of anilines is 1. The van der Waals surface area contributed by atoms with Crippen LogP contribution in [0.4, 0.5) is 5.82 Å². The fourth-order valence-corrected chi connectivity index (χ4v) is 3.17. The molecular weight excluding hydrogens is 300 g/mol. The van der Waals surface area contributed by atoms with E-state index in [1.54, 1.807) is 0 Å². The maximum atomic E-state index is 12.7. The summed E-state index contributed by atoms with van der Waals surface area (Å²) in [5.41, 5.74) is 9.73. The fourth-order valence-electron chi connectivity index (χ4n) is 3.17. The van der Waals surface area contributed by atoms with Crippen LogP contribution in [0.5, 0.6) is 0 Å². The van der Waals surface area contributed by atoms with E-state index in [0.717, 1.165) is 30.0 Å². The molecule has 0 spiro atoms. The van der Waals surface area contributed by atoms with E-state index in [9.17, 15) is 4.79 Å². The van der Waals surface area contributed by atoms with Gasteiger partial charge in [-0.2, -0.15) is 0 Å². The number of hydrogen-bond acceptors (Lipinski definition) is 4. The van der Waals surface area contributed by atoms with Crippen LogP contribution in [0.3, 0.4) is 0 Å². The first kappa shape index (κ1) is 16.5. The average Bonchev–Trinajstić information content (AvgIpc) is 2.61. The van der Waals surface area contributed by atoms with Gasteiger partial charge in [-0.15, -0.1) is 0 Å². The first-order valence-corrected chi connectivity index (χ1v) is 8.35. The third-order valence-corrected chi connectivity index (χ3v) is 4.46. The molecule has 1 aromatic heterocycles. The van der Waals surface area contributed by atoms with Gasteiger partial charge in [-0.3, -0.25) is 4.79 Å². The van der Waals surface area contributed by atoms with Crippen LogP contribution < -0.4 is 10.6 Å². The fraction of sp³-hybridized carbons (Fsp3) is 0.368. The number of aromatic nitrogens is 1. The van der Waals surface area contributed by atoms with E-state index in [1.807, 2.05) is 35.4 Å². The molecule has 126 valence electrons. The van der Waals surface area contributed by atoms with E-state index in [-0.39, 0.29) is 5.91 Å². The highest BCUT2D eigenvalue weighted by atomic mass is 16.2. The zero-order chi connectivity index (χ0) is 17.1. The number of carbonyl (C=O) groups excluding carboxylic acids is 1. The van der Waals surface area contributed by atoms with Crippen LogP contribution in [-0.2, 0) is 6.54 Å². The Morgan fingerprint density at radius 3 is 2.58 bits per heavy atom. The van der Waals surface area contributed by atoms with Crippen molar-refractivity contribution in [2.75, 3.05) is 31.1 Å². The minimum atomic E-state index is 0.0820. The highest BCUT2D eigenvalue weighted by Crippen LogP contribution is 2.20. The Hall–Kier alpha value is -2.40. The second kappa shape index (κ2) is 7.01. The van der Waals surface area contributed by atoms with Crippen molar-refractivity contribution in [3.8, 4) is 0 Å². The SMILES string of the molecule is Cc1cnc(N2CCN(C(=O)c3cccc(CN)c3)CC2)c(C)c1. The van der Waals surface area contributed by atoms with E-state index in [0.29, 0.717) is 19.6 Å². The maximum absolute atomic E-state index is 12.7. The van der Waals surface area contributed by atoms with Crippen molar-refractivity contribution < 1.29 is 4.79 Å². The first-order chi connectivity index (χ1) is 11.6. The molecule has 1 amide bonds. The number of aryl methyl sites for hydroxylation is 2. The molecule has 0 bridgehead atoms. The van der Waals surface area contributed by atoms with Gasteiger partial charge in [0.15, 0.2) is 0 Å². The van der Waals surface area contributed by atoms with Gasteiger partial charge in [-0.25, -0.2) is 4.98 Å². The summed E-state index contributed by atoms with van der Waals surface area (Å²) in [6, 6.07) is 9.74. The number of benzene rings is 1. The van der Waals surface area contributed by atoms with Crippen LogP contribution in [0, 0.1) is 13.8 Å². The Morgan fingerprint density at radius 2 is 1.92 bits per heavy atom. The number of piperazine rings is 1. The van der Waals surface area contributed by atoms with Gasteiger partial charge in [0.05, 0.1) is 0 Å². The molecule has 0 unspecified atom stereocenters. The third kappa shape index (κ3) is 3.41. The van der Waals surface area contributed by atoms with Crippen molar-refractivity contribution in [2.45, 2.75) is 20.4 Å². The predicted molar refractivity (Wildman–Crippen MR) is 96.2 cm³/mol. The topological polar surface area (TPSA) is 62.5 Å². The molecule has 0 aliphatic carbocycles. The van der Waals surface area contributed by atoms with Crippen LogP contribution >= 0.6 is 0 Å². The molecule has 1 fully saturated rings. The predicted octanol–water partition coefficient (Wildman–Crippen LogP) is 2.12. The molecular formula is C19H24N4O. The van der Waals surface area contributed by atoms with Gasteiger partial charge in [-0.05, 0) is 42.7 Å². The number of pyridine rings is 1. The van der Waals surface area contributed by atoms with Crippen molar-refractivity contribution in [2.24, 2.45) is 5.73 Å². The summed E-state index contributed by atoms with van der Waals surface area (Å²) in [7, 11) is 0. The Morgan fingerprint density at radius 1 is 1.17 bits per heavy atom. The molecule has 1 saturated heterocycles. The Bertz CT molecular complexity index is 736. The van der Waals surface area contributed by atoms with E-state index >= 15 is 0 Å². The zero-order valence-electron chi connectivity index (χ0n) is 14.3. The third-order valence-electron chi connectivity index (χ3n) is 4.46. The number of hydrogen-bond donors (Lipinski definition) is 1. The lowest BCUT2D eigenvalue weighted by Gasteiger charge is -2.36. The summed E-state index contributed by atoms with van der Waals surface area (Å²) in [4.78, 5) is 21.4. The highest BCUT2D eigenvalue weighted by molar-refractivity contribution is 5.94. The normalized spacial score (nSPS) is 14.8. The second-order valence-electron chi connectivity index (χ2n) is 6.34. The zero-order valence-corrected chi connectivity index (χ0v) is 14.3. The van der Waals surface area contributed by atoms with E-state index < -0.39 is 0 Å². The quantitative estimate of drug-likeness (QED) is 0.939. The number of nitrogens with zero attached hydrogens (tertiary/aromatic N) is 3. The summed E-state index contributed by atoms with van der Waals surface area (Å²) in [5.74, 6) is 1.11. The van der Waals surface area contributed by atoms with Crippen LogP contribution in [0.25, 0.3) is 0 Å². The van der Waals surface area contributed by atoms with E-state index in [4.69, 9.17) is 5.73 Å². The van der Waals surface area contributed by atoms with Gasteiger partial charge in [0.1, 0.15) is 5.82 Å². The summed E-state index contributed by atoms with van der Waals surface area (Å²) in [6.07, 6.45) is 1.90. The van der Waals surface area contributed by atoms with Crippen molar-refractivity contribution in [1.29, 1.82) is 0 Å². The maximum Gasteiger partial charge on any atom is 0.253 e. The molecule has 1 aromatic carbocycles. The van der Waals surface area contributed by atoms with Crippen molar-refractivity contribution in [1.82, 2.24) is 9.88 Å². The van der Waals surface area contributed by atoms with Crippen molar-refractivity contribution in [3.05, 3.63) is 58.8 Å². The number of amides is 1. The molecule has 24 heavy (non-hydrogen) atoms. The summed E-state index contributed by atoms with van der Waals surface area (Å²) in [5, 5.41) is 0. The lowest BCUT2D eigenvalue weighted by molar-refractivity contribution is 0.0746. The molecule has 5 nitrogen and oxygen atoms in total. The minimum absolute atomic E-state index is 0.0820. The monoisotopic (exact) mass is 324 g/mol. The molecule has 2 aromatic rings. The molecule has 3 rings (SSSR count). The van der Waals surface area contributed by atoms with E-state index in [2.05, 4.69) is 29.8 Å². The number of rotatable bonds is 3. The minimum Gasteiger partial charge on any atom is -0.353 e. The van der Waals surface area contributed by atoms with Crippen LogP contribution in [0.15, 0.2) is 36.5 Å². The Kier molecular flexibility index (Phi) is 4.81. The molecule has 2 heterocycles. The lowest BCUT2D eigenvalue weighted by Crippen LogP contribution is -2.49. The number of carbonyl (C=O) groups is 1. The molecule has 0 saturated carbocycles. The largest absolute Gasteiger partial charge is 0.353 e. The van der Waals surface area contributed by atoms with Gasteiger partial charge < -0.3 is 15.5 Å². The van der Waals surface area contributed by atoms with E-state index in [1.165, 1.54) is 11.1 Å². The van der Waals surface area contributed by atoms with Crippen LogP contribution in [0.1, 0.15) is 27.0 Å². The summed E-state index contributed by atoms with van der Waals surface area (Å²) < 4.78 is 0. The average molecular weight is 324 g/mol. The molecule has 5 heteroatoms. The Labute approximate surface area is 143 Å². The molecule has 1 aliphatic heterocycles. The highest BCUT2D eigenvalue weighted by Gasteiger charge is 2.23. The molecule has 2 N–H and O–H groups in total. The smallest absolute Gasteiger partial charge is 0.253 e. The molecule has 0 radical (unpaired) electrons. The van der Waals surface area contributed by atoms with Crippen LogP contribution in [-0.4, -0.2) is 42.0 Å². The summed E-state index contributed by atoms with van der Waals surface area (Å²) in [6.45, 7) is 7.62. The van der Waals surface area contributed by atoms with Gasteiger partial charge in [-0.1, -0.05) is 18.2 Å². The Balaban J connectivity index is 1.67. The lowest BCUT2D eigenvalue weighted by atomic mass is 10.1. The van der Waals surface area contributed by atoms with Crippen molar-refractivity contribution >= 4 is 11.7 Å². The van der Waals surface area contributed by atoms with Crippen molar-refractivity contribution in [3.63, 3.8) is 0 Å². The summed E-state index contributed by atoms with van der Waals surface area (Å²) >= 11 is 0. The molecule has 1 aliphatic rings. The van der Waals surface area contributed by atoms with Gasteiger partial charge in [0, 0.05) is 44.5 Å². The standard InChI is InChI=1S/C19H24N4O/c1-14-10-15(2)18(21-13-14)22-6-8-23(9-7-22)19(24)17-5-3-4-16(11-17)12-20/h3-5,10-11,13H,6-9,12,20H2,1-2H3. The van der Waals surface area contributed by atoms with Crippen LogP contribution in [0.2, 0.25) is 0 Å².